The van der Waals surface area contributed by atoms with E-state index in [2.05, 4.69) is 59.4 Å². The lowest BCUT2D eigenvalue weighted by Gasteiger charge is -2.22. The molecule has 19 heavy (non-hydrogen) atoms. The SMILES string of the molecule is CCCC(CCO)CNC(CC)c1ccc(Br)cc1. The van der Waals surface area contributed by atoms with Crippen LogP contribution in [0, 0.1) is 5.92 Å². The normalized spacial score (nSPS) is 14.3. The third kappa shape index (κ3) is 6.07. The van der Waals surface area contributed by atoms with Gasteiger partial charge in [-0.1, -0.05) is 48.3 Å². The van der Waals surface area contributed by atoms with Crippen molar-refractivity contribution in [1.29, 1.82) is 0 Å². The summed E-state index contributed by atoms with van der Waals surface area (Å²) in [7, 11) is 0. The molecule has 0 bridgehead atoms. The van der Waals surface area contributed by atoms with Crippen molar-refractivity contribution >= 4 is 15.9 Å². The van der Waals surface area contributed by atoms with Gasteiger partial charge in [0.1, 0.15) is 0 Å². The van der Waals surface area contributed by atoms with Gasteiger partial charge in [0, 0.05) is 17.1 Å². The molecule has 2 unspecified atom stereocenters. The van der Waals surface area contributed by atoms with E-state index in [1.165, 1.54) is 18.4 Å². The molecule has 0 aromatic heterocycles. The smallest absolute Gasteiger partial charge is 0.0434 e. The fourth-order valence-corrected chi connectivity index (χ4v) is 2.71. The van der Waals surface area contributed by atoms with Crippen LogP contribution in [0.15, 0.2) is 28.7 Å². The molecule has 0 heterocycles. The Morgan fingerprint density at radius 2 is 1.84 bits per heavy atom. The minimum atomic E-state index is 0.293. The fourth-order valence-electron chi connectivity index (χ4n) is 2.44. The first-order valence-corrected chi connectivity index (χ1v) is 8.10. The summed E-state index contributed by atoms with van der Waals surface area (Å²) in [5.41, 5.74) is 1.34. The second-order valence-corrected chi connectivity index (χ2v) is 6.00. The number of rotatable bonds is 9. The monoisotopic (exact) mass is 327 g/mol. The molecule has 2 atom stereocenters. The van der Waals surface area contributed by atoms with Crippen LogP contribution in [0.5, 0.6) is 0 Å². The number of halogens is 1. The number of benzene rings is 1. The molecule has 0 aliphatic heterocycles. The number of nitrogens with one attached hydrogen (secondary N) is 1. The van der Waals surface area contributed by atoms with Crippen molar-refractivity contribution < 1.29 is 5.11 Å². The maximum atomic E-state index is 9.10. The predicted molar refractivity (Wildman–Crippen MR) is 85.3 cm³/mol. The first-order valence-electron chi connectivity index (χ1n) is 7.30. The van der Waals surface area contributed by atoms with Crippen LogP contribution < -0.4 is 5.32 Å². The third-order valence-corrected chi connectivity index (χ3v) is 4.10. The van der Waals surface area contributed by atoms with E-state index in [-0.39, 0.29) is 0 Å². The van der Waals surface area contributed by atoms with Gasteiger partial charge in [0.2, 0.25) is 0 Å². The largest absolute Gasteiger partial charge is 0.396 e. The average molecular weight is 328 g/mol. The molecule has 0 fully saturated rings. The molecule has 2 nitrogen and oxygen atoms in total. The van der Waals surface area contributed by atoms with Crippen molar-refractivity contribution in [2.24, 2.45) is 5.92 Å². The van der Waals surface area contributed by atoms with Gasteiger partial charge in [-0.2, -0.15) is 0 Å². The lowest BCUT2D eigenvalue weighted by atomic mass is 9.98. The van der Waals surface area contributed by atoms with Crippen molar-refractivity contribution in [3.05, 3.63) is 34.3 Å². The minimum absolute atomic E-state index is 0.293. The Kier molecular flexibility index (Phi) is 8.35. The van der Waals surface area contributed by atoms with Gasteiger partial charge in [-0.3, -0.25) is 0 Å². The molecular weight excluding hydrogens is 302 g/mol. The lowest BCUT2D eigenvalue weighted by molar-refractivity contribution is 0.244. The van der Waals surface area contributed by atoms with Crippen LogP contribution in [0.4, 0.5) is 0 Å². The van der Waals surface area contributed by atoms with E-state index in [0.717, 1.165) is 23.9 Å². The Morgan fingerprint density at radius 1 is 1.16 bits per heavy atom. The van der Waals surface area contributed by atoms with Crippen LogP contribution in [0.1, 0.15) is 51.1 Å². The maximum absolute atomic E-state index is 9.10. The Bertz CT molecular complexity index is 333. The van der Waals surface area contributed by atoms with Gasteiger partial charge >= 0.3 is 0 Å². The maximum Gasteiger partial charge on any atom is 0.0434 e. The van der Waals surface area contributed by atoms with Gasteiger partial charge in [-0.05, 0) is 49.4 Å². The molecule has 1 rings (SSSR count). The van der Waals surface area contributed by atoms with E-state index in [4.69, 9.17) is 5.11 Å². The van der Waals surface area contributed by atoms with E-state index in [1.54, 1.807) is 0 Å². The minimum Gasteiger partial charge on any atom is -0.396 e. The first-order chi connectivity index (χ1) is 9.21. The molecule has 0 aliphatic rings. The van der Waals surface area contributed by atoms with Crippen LogP contribution in [-0.2, 0) is 0 Å². The van der Waals surface area contributed by atoms with E-state index in [1.807, 2.05) is 0 Å². The van der Waals surface area contributed by atoms with Crippen molar-refractivity contribution in [1.82, 2.24) is 5.32 Å². The first kappa shape index (κ1) is 16.7. The van der Waals surface area contributed by atoms with Gasteiger partial charge in [-0.15, -0.1) is 0 Å². The third-order valence-electron chi connectivity index (χ3n) is 3.57. The molecule has 1 aromatic carbocycles. The molecule has 3 heteroatoms. The zero-order valence-electron chi connectivity index (χ0n) is 12.0. The van der Waals surface area contributed by atoms with Gasteiger partial charge in [0.25, 0.3) is 0 Å². The number of aliphatic hydroxyl groups excluding tert-OH is 1. The van der Waals surface area contributed by atoms with Crippen LogP contribution in [-0.4, -0.2) is 18.3 Å². The van der Waals surface area contributed by atoms with E-state index < -0.39 is 0 Å². The summed E-state index contributed by atoms with van der Waals surface area (Å²) < 4.78 is 1.12. The molecule has 2 N–H and O–H groups in total. The molecular formula is C16H26BrNO. The quantitative estimate of drug-likeness (QED) is 0.709. The highest BCUT2D eigenvalue weighted by molar-refractivity contribution is 9.10. The summed E-state index contributed by atoms with van der Waals surface area (Å²) in [5.74, 6) is 0.583. The molecule has 0 spiro atoms. The van der Waals surface area contributed by atoms with Gasteiger partial charge < -0.3 is 10.4 Å². The summed E-state index contributed by atoms with van der Waals surface area (Å²) in [4.78, 5) is 0. The highest BCUT2D eigenvalue weighted by atomic mass is 79.9. The summed E-state index contributed by atoms with van der Waals surface area (Å²) in [6.07, 6.45) is 4.35. The Morgan fingerprint density at radius 3 is 2.37 bits per heavy atom. The van der Waals surface area contributed by atoms with E-state index >= 15 is 0 Å². The number of aliphatic hydroxyl groups is 1. The molecule has 0 radical (unpaired) electrons. The van der Waals surface area contributed by atoms with Gasteiger partial charge in [-0.25, -0.2) is 0 Å². The second kappa shape index (κ2) is 9.51. The Labute approximate surface area is 125 Å². The second-order valence-electron chi connectivity index (χ2n) is 5.09. The molecule has 108 valence electrons. The van der Waals surface area contributed by atoms with Crippen LogP contribution in [0.3, 0.4) is 0 Å². The molecule has 0 amide bonds. The van der Waals surface area contributed by atoms with E-state index in [0.29, 0.717) is 18.6 Å². The van der Waals surface area contributed by atoms with Crippen molar-refractivity contribution in [2.75, 3.05) is 13.2 Å². The highest BCUT2D eigenvalue weighted by Gasteiger charge is 2.12. The fraction of sp³-hybridized carbons (Fsp3) is 0.625. The van der Waals surface area contributed by atoms with Crippen LogP contribution in [0.25, 0.3) is 0 Å². The van der Waals surface area contributed by atoms with Crippen molar-refractivity contribution in [2.45, 2.75) is 45.6 Å². The standard InChI is InChI=1S/C16H26BrNO/c1-3-5-13(10-11-19)12-18-16(4-2)14-6-8-15(17)9-7-14/h6-9,13,16,18-19H,3-5,10-12H2,1-2H3. The Balaban J connectivity index is 2.53. The molecule has 0 saturated carbocycles. The number of hydrogen-bond donors (Lipinski definition) is 2. The highest BCUT2D eigenvalue weighted by Crippen LogP contribution is 2.20. The molecule has 0 saturated heterocycles. The lowest BCUT2D eigenvalue weighted by Crippen LogP contribution is -2.27. The predicted octanol–water partition coefficient (Wildman–Crippen LogP) is 4.29. The van der Waals surface area contributed by atoms with Crippen molar-refractivity contribution in [3.63, 3.8) is 0 Å². The van der Waals surface area contributed by atoms with Crippen LogP contribution >= 0.6 is 15.9 Å². The number of hydrogen-bond acceptors (Lipinski definition) is 2. The van der Waals surface area contributed by atoms with Gasteiger partial charge in [0.05, 0.1) is 0 Å². The van der Waals surface area contributed by atoms with Gasteiger partial charge in [0.15, 0.2) is 0 Å². The van der Waals surface area contributed by atoms with E-state index in [9.17, 15) is 0 Å². The summed E-state index contributed by atoms with van der Waals surface area (Å²) in [5, 5.41) is 12.7. The zero-order valence-corrected chi connectivity index (χ0v) is 13.6. The summed E-state index contributed by atoms with van der Waals surface area (Å²) >= 11 is 3.47. The van der Waals surface area contributed by atoms with Crippen LogP contribution in [0.2, 0.25) is 0 Å². The zero-order chi connectivity index (χ0) is 14.1. The molecule has 0 aliphatic carbocycles. The topological polar surface area (TPSA) is 32.3 Å². The summed E-state index contributed by atoms with van der Waals surface area (Å²) in [6, 6.07) is 8.94. The van der Waals surface area contributed by atoms with Crippen molar-refractivity contribution in [3.8, 4) is 0 Å². The summed E-state index contributed by atoms with van der Waals surface area (Å²) in [6.45, 7) is 5.70. The average Bonchev–Trinajstić information content (AvgIpc) is 2.41. The Hall–Kier alpha value is -0.380. The molecule has 1 aromatic rings.